The number of rotatable bonds is 12. The quantitative estimate of drug-likeness (QED) is 0.118. The van der Waals surface area contributed by atoms with Crippen LogP contribution in [-0.2, 0) is 30.3 Å². The van der Waals surface area contributed by atoms with Crippen LogP contribution in [-0.4, -0.2) is 61.5 Å². The second kappa shape index (κ2) is 13.7. The van der Waals surface area contributed by atoms with Crippen LogP contribution in [0.2, 0.25) is 0 Å². The van der Waals surface area contributed by atoms with Crippen molar-refractivity contribution in [3.63, 3.8) is 0 Å². The number of nitrogens with one attached hydrogen (secondary N) is 3. The standard InChI is InChI=1S/C19H28N6O6/c20-10-15(26)24-11-16(27)25-14(9-12-5-2-1-3-6-12)18(29)31-17(28)13(21)7-4-8-23-19(22)30/h1-3,5-6,13-14H,4,7-11,20-21H2,(H,24,26)(H,25,27)(H3,22,23,30)/t13-,14-/m0/s1. The fourth-order valence-corrected chi connectivity index (χ4v) is 2.44. The minimum Gasteiger partial charge on any atom is -0.390 e. The number of benzene rings is 1. The van der Waals surface area contributed by atoms with Gasteiger partial charge >= 0.3 is 18.0 Å². The zero-order chi connectivity index (χ0) is 23.2. The highest BCUT2D eigenvalue weighted by molar-refractivity contribution is 5.94. The summed E-state index contributed by atoms with van der Waals surface area (Å²) in [6.45, 7) is -0.468. The van der Waals surface area contributed by atoms with Crippen LogP contribution in [0.15, 0.2) is 30.3 Å². The third-order valence-electron chi connectivity index (χ3n) is 4.03. The van der Waals surface area contributed by atoms with Gasteiger partial charge in [0.25, 0.3) is 0 Å². The van der Waals surface area contributed by atoms with E-state index in [0.29, 0.717) is 12.0 Å². The maximum Gasteiger partial charge on any atom is 0.336 e. The van der Waals surface area contributed by atoms with E-state index in [0.717, 1.165) is 0 Å². The van der Waals surface area contributed by atoms with Crippen LogP contribution >= 0.6 is 0 Å². The number of primary amides is 1. The Morgan fingerprint density at radius 3 is 2.26 bits per heavy atom. The molecule has 0 radical (unpaired) electrons. The monoisotopic (exact) mass is 436 g/mol. The first-order chi connectivity index (χ1) is 14.7. The van der Waals surface area contributed by atoms with Gasteiger partial charge in [-0.15, -0.1) is 0 Å². The Kier molecular flexibility index (Phi) is 11.3. The van der Waals surface area contributed by atoms with Crippen LogP contribution in [0.25, 0.3) is 0 Å². The van der Waals surface area contributed by atoms with Gasteiger partial charge in [0.2, 0.25) is 11.8 Å². The van der Waals surface area contributed by atoms with E-state index in [1.807, 2.05) is 0 Å². The molecule has 9 N–H and O–H groups in total. The maximum absolute atomic E-state index is 12.5. The molecule has 1 aromatic rings. The topological polar surface area (TPSA) is 209 Å². The molecule has 4 amide bonds. The lowest BCUT2D eigenvalue weighted by atomic mass is 10.1. The van der Waals surface area contributed by atoms with Crippen LogP contribution in [0.1, 0.15) is 18.4 Å². The van der Waals surface area contributed by atoms with Gasteiger partial charge in [-0.2, -0.15) is 0 Å². The van der Waals surface area contributed by atoms with E-state index in [-0.39, 0.29) is 25.9 Å². The minimum atomic E-state index is -1.18. The lowest BCUT2D eigenvalue weighted by Gasteiger charge is -2.18. The molecule has 2 atom stereocenters. The molecule has 0 aromatic heterocycles. The number of ether oxygens (including phenoxy) is 1. The van der Waals surface area contributed by atoms with Gasteiger partial charge in [-0.3, -0.25) is 9.59 Å². The Hall–Kier alpha value is -3.51. The van der Waals surface area contributed by atoms with E-state index in [9.17, 15) is 24.0 Å². The Morgan fingerprint density at radius 2 is 1.65 bits per heavy atom. The van der Waals surface area contributed by atoms with Gasteiger partial charge in [0.1, 0.15) is 12.1 Å². The predicted octanol–water partition coefficient (Wildman–Crippen LogP) is -2.37. The summed E-state index contributed by atoms with van der Waals surface area (Å²) < 4.78 is 4.84. The van der Waals surface area contributed by atoms with Crippen molar-refractivity contribution in [2.45, 2.75) is 31.3 Å². The van der Waals surface area contributed by atoms with Gasteiger partial charge in [-0.05, 0) is 18.4 Å². The van der Waals surface area contributed by atoms with Crippen LogP contribution in [0.5, 0.6) is 0 Å². The third kappa shape index (κ3) is 10.7. The van der Waals surface area contributed by atoms with Gasteiger partial charge in [0.05, 0.1) is 13.1 Å². The minimum absolute atomic E-state index is 0.0568. The maximum atomic E-state index is 12.5. The van der Waals surface area contributed by atoms with Crippen molar-refractivity contribution in [3.05, 3.63) is 35.9 Å². The molecule has 1 rings (SSSR count). The number of hydrogen-bond donors (Lipinski definition) is 6. The van der Waals surface area contributed by atoms with Gasteiger partial charge < -0.3 is 37.9 Å². The van der Waals surface area contributed by atoms with Gasteiger partial charge in [0, 0.05) is 13.0 Å². The van der Waals surface area contributed by atoms with Gasteiger partial charge in [-0.1, -0.05) is 30.3 Å². The lowest BCUT2D eigenvalue weighted by Crippen LogP contribution is -2.49. The second-order valence-corrected chi connectivity index (χ2v) is 6.57. The van der Waals surface area contributed by atoms with Gasteiger partial charge in [-0.25, -0.2) is 14.4 Å². The van der Waals surface area contributed by atoms with E-state index in [1.165, 1.54) is 0 Å². The fourth-order valence-electron chi connectivity index (χ4n) is 2.44. The first-order valence-corrected chi connectivity index (χ1v) is 9.57. The molecule has 0 spiro atoms. The highest BCUT2D eigenvalue weighted by Crippen LogP contribution is 2.06. The summed E-state index contributed by atoms with van der Waals surface area (Å²) in [5, 5.41) is 7.06. The molecule has 0 fully saturated rings. The molecule has 170 valence electrons. The van der Waals surface area contributed by atoms with E-state index in [1.54, 1.807) is 30.3 Å². The first kappa shape index (κ1) is 25.5. The molecule has 0 aliphatic heterocycles. The van der Waals surface area contributed by atoms with Crippen molar-refractivity contribution in [2.75, 3.05) is 19.6 Å². The summed E-state index contributed by atoms with van der Waals surface area (Å²) in [6.07, 6.45) is 0.549. The molecule has 0 aliphatic rings. The largest absolute Gasteiger partial charge is 0.390 e. The highest BCUT2D eigenvalue weighted by atomic mass is 16.6. The number of urea groups is 1. The average Bonchev–Trinajstić information content (AvgIpc) is 2.74. The van der Waals surface area contributed by atoms with Crippen molar-refractivity contribution in [1.29, 1.82) is 0 Å². The molecule has 1 aromatic carbocycles. The fraction of sp³-hybridized carbons (Fsp3) is 0.421. The van der Waals surface area contributed by atoms with Gasteiger partial charge in [0.15, 0.2) is 0 Å². The highest BCUT2D eigenvalue weighted by Gasteiger charge is 2.27. The molecule has 31 heavy (non-hydrogen) atoms. The molecule has 0 saturated carbocycles. The predicted molar refractivity (Wildman–Crippen MR) is 110 cm³/mol. The smallest absolute Gasteiger partial charge is 0.336 e. The van der Waals surface area contributed by atoms with Crippen LogP contribution < -0.4 is 33.2 Å². The first-order valence-electron chi connectivity index (χ1n) is 9.57. The van der Waals surface area contributed by atoms with Crippen molar-refractivity contribution >= 4 is 29.8 Å². The summed E-state index contributed by atoms with van der Waals surface area (Å²) in [7, 11) is 0. The summed E-state index contributed by atoms with van der Waals surface area (Å²) >= 11 is 0. The van der Waals surface area contributed by atoms with E-state index < -0.39 is 48.4 Å². The third-order valence-corrected chi connectivity index (χ3v) is 4.03. The summed E-state index contributed by atoms with van der Waals surface area (Å²) in [5.41, 5.74) is 16.5. The second-order valence-electron chi connectivity index (χ2n) is 6.57. The number of carbonyl (C=O) groups excluding carboxylic acids is 5. The molecule has 0 heterocycles. The zero-order valence-electron chi connectivity index (χ0n) is 17.0. The summed E-state index contributed by atoms with van der Waals surface area (Å²) in [5.74, 6) is -3.15. The van der Waals surface area contributed by atoms with Crippen LogP contribution in [0.4, 0.5) is 4.79 Å². The van der Waals surface area contributed by atoms with Crippen LogP contribution in [0, 0.1) is 0 Å². The molecule has 0 unspecified atom stereocenters. The number of amides is 4. The van der Waals surface area contributed by atoms with Crippen molar-refractivity contribution < 1.29 is 28.7 Å². The average molecular weight is 436 g/mol. The molecule has 0 aliphatic carbocycles. The number of carbonyl (C=O) groups is 5. The van der Waals surface area contributed by atoms with E-state index >= 15 is 0 Å². The molecular formula is C19H28N6O6. The SMILES string of the molecule is NCC(=O)NCC(=O)N[C@@H](Cc1ccccc1)C(=O)OC(=O)[C@@H](N)CCCNC(N)=O. The normalized spacial score (nSPS) is 12.2. The van der Waals surface area contributed by atoms with Crippen LogP contribution in [0.3, 0.4) is 0 Å². The zero-order valence-corrected chi connectivity index (χ0v) is 17.0. The van der Waals surface area contributed by atoms with Crippen molar-refractivity contribution in [3.8, 4) is 0 Å². The van der Waals surface area contributed by atoms with Crippen molar-refractivity contribution in [2.24, 2.45) is 17.2 Å². The Balaban J connectivity index is 2.69. The Labute approximate surface area is 179 Å². The lowest BCUT2D eigenvalue weighted by molar-refractivity contribution is -0.162. The molecule has 12 nitrogen and oxygen atoms in total. The van der Waals surface area contributed by atoms with E-state index in [2.05, 4.69) is 16.0 Å². The Morgan fingerprint density at radius 1 is 0.968 bits per heavy atom. The summed E-state index contributed by atoms with van der Waals surface area (Å²) in [4.78, 5) is 58.5. The number of nitrogens with two attached hydrogens (primary N) is 3. The molecule has 0 saturated heterocycles. The number of hydrogen-bond acceptors (Lipinski definition) is 8. The van der Waals surface area contributed by atoms with Crippen molar-refractivity contribution in [1.82, 2.24) is 16.0 Å². The Bertz CT molecular complexity index is 772. The molecule has 0 bridgehead atoms. The van der Waals surface area contributed by atoms with E-state index in [4.69, 9.17) is 21.9 Å². The number of esters is 2. The summed E-state index contributed by atoms with van der Waals surface area (Å²) in [6, 6.07) is 5.78. The molecule has 12 heteroatoms. The molecular weight excluding hydrogens is 408 g/mol.